The summed E-state index contributed by atoms with van der Waals surface area (Å²) in [5.74, 6) is 0. The van der Waals surface area contributed by atoms with E-state index < -0.39 is 0 Å². The molecule has 0 aromatic heterocycles. The second-order valence-electron chi connectivity index (χ2n) is 5.15. The molecule has 0 N–H and O–H groups in total. The monoisotopic (exact) mass is 252 g/mol. The second-order valence-corrected chi connectivity index (χ2v) is 5.15. The van der Waals surface area contributed by atoms with Crippen LogP contribution in [-0.4, -0.2) is 13.1 Å². The largest absolute Gasteiger partial charge is 0.167 e. The first-order chi connectivity index (χ1) is 9.00. The number of hydrogen-bond acceptors (Lipinski definition) is 4. The minimum Gasteiger partial charge on any atom is -0.167 e. The summed E-state index contributed by atoms with van der Waals surface area (Å²) >= 11 is 0. The van der Waals surface area contributed by atoms with Crippen molar-refractivity contribution in [1.82, 2.24) is 0 Å². The van der Waals surface area contributed by atoms with E-state index in [9.17, 15) is 0 Å². The van der Waals surface area contributed by atoms with E-state index in [0.717, 1.165) is 25.9 Å². The van der Waals surface area contributed by atoms with E-state index in [4.69, 9.17) is 0 Å². The van der Waals surface area contributed by atoms with Gasteiger partial charge in [0.1, 0.15) is 0 Å². The van der Waals surface area contributed by atoms with Crippen LogP contribution in [0.5, 0.6) is 0 Å². The zero-order valence-corrected chi connectivity index (χ0v) is 11.7. The van der Waals surface area contributed by atoms with E-state index in [0.29, 0.717) is 0 Å². The van der Waals surface area contributed by atoms with E-state index in [2.05, 4.69) is 20.7 Å². The minimum absolute atomic E-state index is 0.805. The van der Waals surface area contributed by atoms with Gasteiger partial charge in [0, 0.05) is 0 Å². The van der Waals surface area contributed by atoms with Crippen molar-refractivity contribution in [3.05, 3.63) is 0 Å². The van der Waals surface area contributed by atoms with Gasteiger partial charge in [-0.05, 0) is 23.3 Å². The highest BCUT2D eigenvalue weighted by Gasteiger charge is 1.94. The molecular weight excluding hydrogens is 224 g/mol. The first-order valence-corrected chi connectivity index (χ1v) is 7.73. The van der Waals surface area contributed by atoms with Gasteiger partial charge in [-0.25, -0.2) is 0 Å². The van der Waals surface area contributed by atoms with Crippen molar-refractivity contribution in [2.24, 2.45) is 20.7 Å². The fourth-order valence-corrected chi connectivity index (χ4v) is 2.28. The topological polar surface area (TPSA) is 49.4 Å². The molecular formula is C14H28N4. The lowest BCUT2D eigenvalue weighted by molar-refractivity contribution is 0.538. The lowest BCUT2D eigenvalue weighted by Crippen LogP contribution is -1.85. The van der Waals surface area contributed by atoms with Gasteiger partial charge >= 0.3 is 0 Å². The summed E-state index contributed by atoms with van der Waals surface area (Å²) in [5, 5.41) is 15.4. The Morgan fingerprint density at radius 1 is 0.333 bits per heavy atom. The maximum Gasteiger partial charge on any atom is 0.0621 e. The molecule has 0 saturated carbocycles. The number of rotatable bonds is 0. The molecule has 0 aromatic rings. The van der Waals surface area contributed by atoms with Crippen LogP contribution in [0.15, 0.2) is 20.7 Å². The first kappa shape index (κ1) is 15.3. The predicted molar refractivity (Wildman–Crippen MR) is 74.9 cm³/mol. The minimum atomic E-state index is 0.805. The molecule has 0 aromatic carbocycles. The molecule has 4 heteroatoms. The van der Waals surface area contributed by atoms with Crippen LogP contribution in [0, 0.1) is 0 Å². The molecule has 0 bridgehead atoms. The van der Waals surface area contributed by atoms with Crippen molar-refractivity contribution in [2.45, 2.75) is 77.0 Å². The van der Waals surface area contributed by atoms with E-state index in [-0.39, 0.29) is 0 Å². The molecule has 0 spiro atoms. The Morgan fingerprint density at radius 3 is 0.944 bits per heavy atom. The molecule has 0 fully saturated rings. The molecule has 0 saturated heterocycles. The van der Waals surface area contributed by atoms with Crippen LogP contribution >= 0.6 is 0 Å². The Hall–Kier alpha value is -0.800. The summed E-state index contributed by atoms with van der Waals surface area (Å²) in [5.41, 5.74) is 0. The van der Waals surface area contributed by atoms with Crippen molar-refractivity contribution in [3.8, 4) is 0 Å². The summed E-state index contributed by atoms with van der Waals surface area (Å²) in [6.07, 6.45) is 16.0. The zero-order chi connectivity index (χ0) is 12.7. The third-order valence-electron chi connectivity index (χ3n) is 3.43. The highest BCUT2D eigenvalue weighted by molar-refractivity contribution is 4.50. The highest BCUT2D eigenvalue weighted by atomic mass is 15.5. The summed E-state index contributed by atoms with van der Waals surface area (Å²) in [6, 6.07) is 0. The van der Waals surface area contributed by atoms with Gasteiger partial charge in [-0.3, -0.25) is 0 Å². The maximum absolute atomic E-state index is 4.00. The summed E-state index contributed by atoms with van der Waals surface area (Å²) in [7, 11) is 0. The number of hydrogen-bond donors (Lipinski definition) is 0. The van der Waals surface area contributed by atoms with Crippen LogP contribution < -0.4 is 0 Å². The third-order valence-corrected chi connectivity index (χ3v) is 3.43. The Morgan fingerprint density at radius 2 is 0.611 bits per heavy atom. The van der Waals surface area contributed by atoms with Crippen molar-refractivity contribution >= 4 is 0 Å². The van der Waals surface area contributed by atoms with E-state index in [1.807, 2.05) is 0 Å². The summed E-state index contributed by atoms with van der Waals surface area (Å²) < 4.78 is 0. The molecule has 0 unspecified atom stereocenters. The fraction of sp³-hybridized carbons (Fsp3) is 1.00. The summed E-state index contributed by atoms with van der Waals surface area (Å²) in [6.45, 7) is 1.61. The van der Waals surface area contributed by atoms with Crippen LogP contribution in [0.3, 0.4) is 0 Å². The van der Waals surface area contributed by atoms with Gasteiger partial charge in [-0.15, -0.1) is 0 Å². The Labute approximate surface area is 111 Å². The Balaban J connectivity index is 2.13. The molecule has 1 heterocycles. The van der Waals surface area contributed by atoms with E-state index >= 15 is 0 Å². The fourth-order valence-electron chi connectivity index (χ4n) is 2.28. The SMILES string of the molecule is C1CCCCCCC/N=N/N=N/CCCCCC1. The van der Waals surface area contributed by atoms with Gasteiger partial charge < -0.3 is 0 Å². The maximum atomic E-state index is 4.00. The smallest absolute Gasteiger partial charge is 0.0621 e. The van der Waals surface area contributed by atoms with Crippen LogP contribution in [0.25, 0.3) is 0 Å². The average molecular weight is 252 g/mol. The predicted octanol–water partition coefficient (Wildman–Crippen LogP) is 5.50. The molecule has 0 atom stereocenters. The second kappa shape index (κ2) is 12.7. The summed E-state index contributed by atoms with van der Waals surface area (Å²) in [4.78, 5) is 0. The van der Waals surface area contributed by atoms with Crippen molar-refractivity contribution in [3.63, 3.8) is 0 Å². The Bertz CT molecular complexity index is 202. The highest BCUT2D eigenvalue weighted by Crippen LogP contribution is 2.12. The molecule has 4 nitrogen and oxygen atoms in total. The molecule has 0 aliphatic carbocycles. The van der Waals surface area contributed by atoms with Crippen molar-refractivity contribution in [2.75, 3.05) is 13.1 Å². The molecule has 1 aliphatic rings. The van der Waals surface area contributed by atoms with Crippen LogP contribution in [0.4, 0.5) is 0 Å². The Kier molecular flexibility index (Phi) is 10.7. The zero-order valence-electron chi connectivity index (χ0n) is 11.7. The third kappa shape index (κ3) is 10.4. The van der Waals surface area contributed by atoms with Gasteiger partial charge in [-0.2, -0.15) is 10.2 Å². The van der Waals surface area contributed by atoms with Crippen LogP contribution in [0.2, 0.25) is 0 Å². The van der Waals surface area contributed by atoms with Gasteiger partial charge in [0.25, 0.3) is 0 Å². The van der Waals surface area contributed by atoms with E-state index in [1.165, 1.54) is 64.2 Å². The molecule has 0 radical (unpaired) electrons. The van der Waals surface area contributed by atoms with Gasteiger partial charge in [0.05, 0.1) is 13.1 Å². The lowest BCUT2D eigenvalue weighted by atomic mass is 10.1. The van der Waals surface area contributed by atoms with Crippen molar-refractivity contribution in [1.29, 1.82) is 0 Å². The molecule has 1 aliphatic heterocycles. The first-order valence-electron chi connectivity index (χ1n) is 7.73. The standard InChI is InChI=1S/C14H28N4/c1-2-4-6-8-10-12-14-16-18-17-15-13-11-9-7-5-3-1/h1-14H2/b17-15+,18-16+. The molecule has 0 amide bonds. The van der Waals surface area contributed by atoms with Gasteiger partial charge in [-0.1, -0.05) is 64.2 Å². The molecule has 1 rings (SSSR count). The van der Waals surface area contributed by atoms with E-state index in [1.54, 1.807) is 0 Å². The number of nitrogens with zero attached hydrogens (tertiary/aromatic N) is 4. The lowest BCUT2D eigenvalue weighted by Gasteiger charge is -2.02. The van der Waals surface area contributed by atoms with Crippen molar-refractivity contribution < 1.29 is 0 Å². The molecule has 104 valence electrons. The molecule has 18 heavy (non-hydrogen) atoms. The average Bonchev–Trinajstić information content (AvgIpc) is 2.39. The normalized spacial score (nSPS) is 25.8. The van der Waals surface area contributed by atoms with Crippen LogP contribution in [-0.2, 0) is 0 Å². The quantitative estimate of drug-likeness (QED) is 0.546. The van der Waals surface area contributed by atoms with Crippen LogP contribution in [0.1, 0.15) is 77.0 Å². The van der Waals surface area contributed by atoms with Gasteiger partial charge in [0.15, 0.2) is 0 Å². The van der Waals surface area contributed by atoms with Gasteiger partial charge in [0.2, 0.25) is 0 Å².